The van der Waals surface area contributed by atoms with Crippen LogP contribution in [-0.4, -0.2) is 26.2 Å². The molecule has 10 heteroatoms. The van der Waals surface area contributed by atoms with Crippen molar-refractivity contribution in [2.24, 2.45) is 5.14 Å². The lowest BCUT2D eigenvalue weighted by Crippen LogP contribution is -2.27. The van der Waals surface area contributed by atoms with Crippen LogP contribution < -0.4 is 20.9 Å². The Balaban J connectivity index is 1.42. The average molecular weight is 438 g/mol. The number of nitrogens with one attached hydrogen (secondary N) is 1. The third-order valence-electron chi connectivity index (χ3n) is 4.59. The minimum Gasteiger partial charge on any atom is -0.473 e. The Hall–Kier alpha value is -3.89. The Morgan fingerprint density at radius 2 is 1.81 bits per heavy atom. The van der Waals surface area contributed by atoms with Crippen LogP contribution in [0.1, 0.15) is 10.4 Å². The van der Waals surface area contributed by atoms with Gasteiger partial charge in [0.2, 0.25) is 10.0 Å². The first-order valence-electron chi connectivity index (χ1n) is 9.11. The fourth-order valence-electron chi connectivity index (χ4n) is 3.07. The molecule has 0 atom stereocenters. The van der Waals surface area contributed by atoms with Gasteiger partial charge in [-0.3, -0.25) is 4.79 Å². The quantitative estimate of drug-likeness (QED) is 0.391. The molecule has 0 aliphatic heterocycles. The summed E-state index contributed by atoms with van der Waals surface area (Å²) in [6.07, 6.45) is 0. The third-order valence-corrected chi connectivity index (χ3v) is 5.56. The number of fused-ring (bicyclic) bond motifs is 1. The number of sulfonamides is 1. The number of ether oxygens (including phenoxy) is 1. The zero-order chi connectivity index (χ0) is 22.0. The van der Waals surface area contributed by atoms with Crippen LogP contribution >= 0.6 is 0 Å². The normalized spacial score (nSPS) is 11.4. The summed E-state index contributed by atoms with van der Waals surface area (Å²) >= 11 is 0. The van der Waals surface area contributed by atoms with Gasteiger partial charge in [0, 0.05) is 11.1 Å². The van der Waals surface area contributed by atoms with Crippen molar-refractivity contribution in [3.8, 4) is 16.9 Å². The van der Waals surface area contributed by atoms with Crippen molar-refractivity contribution >= 4 is 32.7 Å². The second-order valence-electron chi connectivity index (χ2n) is 6.64. The van der Waals surface area contributed by atoms with Crippen LogP contribution in [-0.2, 0) is 10.0 Å². The highest BCUT2D eigenvalue weighted by atomic mass is 32.2. The number of amides is 1. The molecule has 1 aromatic heterocycles. The van der Waals surface area contributed by atoms with Gasteiger partial charge in [0.15, 0.2) is 18.1 Å². The summed E-state index contributed by atoms with van der Waals surface area (Å²) in [5, 5.41) is 12.2. The molecule has 4 aromatic rings. The van der Waals surface area contributed by atoms with Crippen molar-refractivity contribution in [2.75, 3.05) is 12.5 Å². The van der Waals surface area contributed by atoms with E-state index in [-0.39, 0.29) is 23.4 Å². The monoisotopic (exact) mass is 438 g/mol. The number of primary sulfonamides is 1. The highest BCUT2D eigenvalue weighted by Crippen LogP contribution is 2.27. The number of nitrogens with zero attached hydrogens (tertiary/aromatic N) is 1. The molecule has 0 aliphatic rings. The second kappa shape index (κ2) is 8.09. The van der Waals surface area contributed by atoms with Gasteiger partial charge in [0.1, 0.15) is 5.75 Å². The molecule has 1 heterocycles. The SMILES string of the molecule is Nc1noc2ccc(OCNC(=O)c3ccc(-c4ccccc4S(N)(=O)=O)cc3)cc12. The first kappa shape index (κ1) is 20.4. The van der Waals surface area contributed by atoms with Gasteiger partial charge in [-0.2, -0.15) is 0 Å². The molecule has 1 amide bonds. The molecule has 4 rings (SSSR count). The first-order chi connectivity index (χ1) is 14.8. The summed E-state index contributed by atoms with van der Waals surface area (Å²) in [7, 11) is -3.87. The fourth-order valence-corrected chi connectivity index (χ4v) is 3.83. The van der Waals surface area contributed by atoms with E-state index in [4.69, 9.17) is 20.1 Å². The Morgan fingerprint density at radius 1 is 1.06 bits per heavy atom. The third kappa shape index (κ3) is 4.34. The Morgan fingerprint density at radius 3 is 2.55 bits per heavy atom. The maximum absolute atomic E-state index is 12.4. The molecule has 0 radical (unpaired) electrons. The number of benzene rings is 3. The molecule has 158 valence electrons. The zero-order valence-corrected chi connectivity index (χ0v) is 16.9. The van der Waals surface area contributed by atoms with E-state index >= 15 is 0 Å². The molecule has 0 saturated heterocycles. The van der Waals surface area contributed by atoms with Crippen LogP contribution in [0.3, 0.4) is 0 Å². The molecular weight excluding hydrogens is 420 g/mol. The first-order valence-corrected chi connectivity index (χ1v) is 10.7. The summed E-state index contributed by atoms with van der Waals surface area (Å²) < 4.78 is 34.2. The molecule has 0 bridgehead atoms. The van der Waals surface area contributed by atoms with E-state index in [9.17, 15) is 13.2 Å². The number of nitrogen functional groups attached to an aromatic ring is 1. The maximum Gasteiger partial charge on any atom is 0.253 e. The lowest BCUT2D eigenvalue weighted by molar-refractivity contribution is 0.0919. The van der Waals surface area contributed by atoms with Crippen LogP contribution in [0.25, 0.3) is 22.1 Å². The van der Waals surface area contributed by atoms with Crippen molar-refractivity contribution in [1.29, 1.82) is 0 Å². The zero-order valence-electron chi connectivity index (χ0n) is 16.1. The minimum absolute atomic E-state index is 0.0195. The van der Waals surface area contributed by atoms with Crippen LogP contribution in [0.4, 0.5) is 5.82 Å². The highest BCUT2D eigenvalue weighted by Gasteiger charge is 2.15. The molecule has 0 spiro atoms. The van der Waals surface area contributed by atoms with Gasteiger partial charge < -0.3 is 20.3 Å². The molecule has 3 aromatic carbocycles. The standard InChI is InChI=1S/C21H18N4O5S/c22-20-17-11-15(9-10-18(17)30-25-20)29-12-24-21(26)14-7-5-13(6-8-14)16-3-1-2-4-19(16)31(23,27)28/h1-11H,12H2,(H2,22,25)(H,24,26)(H2,23,27,28). The largest absolute Gasteiger partial charge is 0.473 e. The molecule has 31 heavy (non-hydrogen) atoms. The van der Waals surface area contributed by atoms with Crippen LogP contribution in [0, 0.1) is 0 Å². The molecule has 9 nitrogen and oxygen atoms in total. The summed E-state index contributed by atoms with van der Waals surface area (Å²) in [5.74, 6) is 0.406. The van der Waals surface area contributed by atoms with Gasteiger partial charge in [0.05, 0.1) is 10.3 Å². The number of anilines is 1. The molecule has 5 N–H and O–H groups in total. The predicted molar refractivity (Wildman–Crippen MR) is 115 cm³/mol. The van der Waals surface area contributed by atoms with E-state index in [1.807, 2.05) is 0 Å². The minimum atomic E-state index is -3.87. The van der Waals surface area contributed by atoms with Crippen molar-refractivity contribution in [3.05, 3.63) is 72.3 Å². The van der Waals surface area contributed by atoms with Gasteiger partial charge in [-0.1, -0.05) is 35.5 Å². The predicted octanol–water partition coefficient (Wildman–Crippen LogP) is 2.49. The number of carbonyl (C=O) groups is 1. The van der Waals surface area contributed by atoms with Crippen LogP contribution in [0.15, 0.2) is 76.1 Å². The fraction of sp³-hybridized carbons (Fsp3) is 0.0476. The van der Waals surface area contributed by atoms with Crippen LogP contribution in [0.5, 0.6) is 5.75 Å². The summed E-state index contributed by atoms with van der Waals surface area (Å²) in [6.45, 7) is -0.0640. The van der Waals surface area contributed by atoms with E-state index in [1.165, 1.54) is 6.07 Å². The highest BCUT2D eigenvalue weighted by molar-refractivity contribution is 7.89. The van der Waals surface area contributed by atoms with Gasteiger partial charge >= 0.3 is 0 Å². The summed E-state index contributed by atoms with van der Waals surface area (Å²) in [5.41, 5.74) is 7.73. The Kier molecular flexibility index (Phi) is 5.32. The molecule has 0 aliphatic carbocycles. The van der Waals surface area contributed by atoms with Crippen molar-refractivity contribution in [2.45, 2.75) is 4.90 Å². The lowest BCUT2D eigenvalue weighted by Gasteiger charge is -2.10. The van der Waals surface area contributed by atoms with Gasteiger partial charge in [-0.15, -0.1) is 0 Å². The smallest absolute Gasteiger partial charge is 0.253 e. The number of hydrogen-bond acceptors (Lipinski definition) is 7. The second-order valence-corrected chi connectivity index (χ2v) is 8.17. The summed E-state index contributed by atoms with van der Waals surface area (Å²) in [6, 6.07) is 17.9. The molecule has 0 fully saturated rings. The van der Waals surface area contributed by atoms with E-state index in [1.54, 1.807) is 60.7 Å². The number of hydrogen-bond donors (Lipinski definition) is 3. The van der Waals surface area contributed by atoms with Crippen molar-refractivity contribution in [1.82, 2.24) is 10.5 Å². The number of nitrogens with two attached hydrogens (primary N) is 2. The number of aromatic nitrogens is 1. The van der Waals surface area contributed by atoms with Gasteiger partial charge in [-0.05, 0) is 42.0 Å². The topological polar surface area (TPSA) is 151 Å². The summed E-state index contributed by atoms with van der Waals surface area (Å²) in [4.78, 5) is 12.4. The number of carbonyl (C=O) groups excluding carboxylic acids is 1. The maximum atomic E-state index is 12.4. The van der Waals surface area contributed by atoms with Crippen LogP contribution in [0.2, 0.25) is 0 Å². The van der Waals surface area contributed by atoms with Gasteiger partial charge in [0.25, 0.3) is 5.91 Å². The molecule has 0 saturated carbocycles. The van der Waals surface area contributed by atoms with Crippen molar-refractivity contribution in [3.63, 3.8) is 0 Å². The molecule has 0 unspecified atom stereocenters. The van der Waals surface area contributed by atoms with Gasteiger partial charge in [-0.25, -0.2) is 13.6 Å². The Labute approximate surface area is 177 Å². The molecular formula is C21H18N4O5S. The van der Waals surface area contributed by atoms with E-state index < -0.39 is 10.0 Å². The van der Waals surface area contributed by atoms with E-state index in [0.29, 0.717) is 33.4 Å². The van der Waals surface area contributed by atoms with E-state index in [0.717, 1.165) is 0 Å². The van der Waals surface area contributed by atoms with E-state index in [2.05, 4.69) is 10.5 Å². The number of rotatable bonds is 6. The van der Waals surface area contributed by atoms with Crippen molar-refractivity contribution < 1.29 is 22.5 Å². The average Bonchev–Trinajstić information content (AvgIpc) is 3.13. The Bertz CT molecular complexity index is 1360. The lowest BCUT2D eigenvalue weighted by atomic mass is 10.0.